The molecule has 0 unspecified atom stereocenters. The molecule has 1 saturated heterocycles. The summed E-state index contributed by atoms with van der Waals surface area (Å²) < 4.78 is 31.7. The summed E-state index contributed by atoms with van der Waals surface area (Å²) in [5.74, 6) is -0.143. The summed E-state index contributed by atoms with van der Waals surface area (Å²) in [6, 6.07) is 4.09. The van der Waals surface area contributed by atoms with E-state index in [-0.39, 0.29) is 4.90 Å². The molecule has 0 aromatic heterocycles. The second-order valence-corrected chi connectivity index (χ2v) is 6.67. The van der Waals surface area contributed by atoms with Crippen LogP contribution in [0.2, 0.25) is 0 Å². The lowest BCUT2D eigenvalue weighted by Gasteiger charge is -2.22. The van der Waals surface area contributed by atoms with Gasteiger partial charge in [-0.05, 0) is 31.4 Å². The van der Waals surface area contributed by atoms with Crippen LogP contribution in [0.5, 0.6) is 5.75 Å². The van der Waals surface area contributed by atoms with Gasteiger partial charge in [-0.25, -0.2) is 8.42 Å². The number of carbonyl (C=O) groups is 1. The van der Waals surface area contributed by atoms with Crippen LogP contribution in [0.25, 0.3) is 0 Å². The molecule has 2 rings (SSSR count). The standard InChI is InChI=1S/C13H18N2O4S/c1-9-5-6-10(19-2)8-12(9)20(17,18)15-7-3-4-11(15)13(14)16/h5-6,8,11H,3-4,7H2,1-2H3,(H2,14,16)/t11-/m1/s1. The van der Waals surface area contributed by atoms with Gasteiger partial charge in [0.25, 0.3) is 0 Å². The monoisotopic (exact) mass is 298 g/mol. The van der Waals surface area contributed by atoms with Crippen molar-refractivity contribution in [2.75, 3.05) is 13.7 Å². The van der Waals surface area contributed by atoms with Gasteiger partial charge in [0.1, 0.15) is 11.8 Å². The first kappa shape index (κ1) is 14.8. The summed E-state index contributed by atoms with van der Waals surface area (Å²) in [6.45, 7) is 2.02. The Hall–Kier alpha value is -1.60. The van der Waals surface area contributed by atoms with Gasteiger partial charge in [-0.2, -0.15) is 4.31 Å². The Morgan fingerprint density at radius 3 is 2.75 bits per heavy atom. The molecular formula is C13H18N2O4S. The average Bonchev–Trinajstić information content (AvgIpc) is 2.89. The molecule has 7 heteroatoms. The number of nitrogens with two attached hydrogens (primary N) is 1. The molecule has 1 aliphatic heterocycles. The zero-order valence-corrected chi connectivity index (χ0v) is 12.3. The molecule has 1 aliphatic rings. The molecule has 0 bridgehead atoms. The molecule has 1 aromatic carbocycles. The maximum absolute atomic E-state index is 12.7. The molecule has 110 valence electrons. The number of benzene rings is 1. The minimum Gasteiger partial charge on any atom is -0.497 e. The first-order valence-corrected chi connectivity index (χ1v) is 7.77. The van der Waals surface area contributed by atoms with E-state index in [1.165, 1.54) is 17.5 Å². The van der Waals surface area contributed by atoms with Crippen molar-refractivity contribution in [2.24, 2.45) is 5.73 Å². The molecule has 0 radical (unpaired) electrons. The Bertz CT molecular complexity index is 627. The highest BCUT2D eigenvalue weighted by molar-refractivity contribution is 7.89. The predicted octanol–water partition coefficient (Wildman–Crippen LogP) is 0.642. The molecule has 0 spiro atoms. The minimum atomic E-state index is -3.74. The van der Waals surface area contributed by atoms with E-state index < -0.39 is 22.0 Å². The van der Waals surface area contributed by atoms with Crippen molar-refractivity contribution in [3.8, 4) is 5.75 Å². The van der Waals surface area contributed by atoms with Crippen LogP contribution in [0.4, 0.5) is 0 Å². The highest BCUT2D eigenvalue weighted by Crippen LogP contribution is 2.29. The number of primary amides is 1. The fourth-order valence-corrected chi connectivity index (χ4v) is 4.33. The molecule has 1 aromatic rings. The van der Waals surface area contributed by atoms with Gasteiger partial charge in [0, 0.05) is 12.6 Å². The number of sulfonamides is 1. The first-order valence-electron chi connectivity index (χ1n) is 6.33. The van der Waals surface area contributed by atoms with Gasteiger partial charge in [-0.15, -0.1) is 0 Å². The largest absolute Gasteiger partial charge is 0.497 e. The molecule has 20 heavy (non-hydrogen) atoms. The summed E-state index contributed by atoms with van der Waals surface area (Å²) in [5.41, 5.74) is 5.90. The van der Waals surface area contributed by atoms with Crippen LogP contribution in [-0.4, -0.2) is 38.3 Å². The van der Waals surface area contributed by atoms with E-state index >= 15 is 0 Å². The number of carbonyl (C=O) groups excluding carboxylic acids is 1. The van der Waals surface area contributed by atoms with Crippen LogP contribution >= 0.6 is 0 Å². The molecule has 0 saturated carbocycles. The van der Waals surface area contributed by atoms with Gasteiger partial charge >= 0.3 is 0 Å². The number of hydrogen-bond acceptors (Lipinski definition) is 4. The SMILES string of the molecule is COc1ccc(C)c(S(=O)(=O)N2CCC[C@@H]2C(N)=O)c1. The Morgan fingerprint density at radius 2 is 2.15 bits per heavy atom. The highest BCUT2D eigenvalue weighted by Gasteiger charge is 2.39. The lowest BCUT2D eigenvalue weighted by atomic mass is 10.2. The normalized spacial score (nSPS) is 20.0. The number of aryl methyl sites for hydroxylation is 1. The predicted molar refractivity (Wildman–Crippen MR) is 73.8 cm³/mol. The lowest BCUT2D eigenvalue weighted by Crippen LogP contribution is -2.43. The molecule has 1 atom stereocenters. The van der Waals surface area contributed by atoms with Crippen LogP contribution in [0.15, 0.2) is 23.1 Å². The van der Waals surface area contributed by atoms with E-state index in [2.05, 4.69) is 0 Å². The van der Waals surface area contributed by atoms with Crippen molar-refractivity contribution in [3.63, 3.8) is 0 Å². The smallest absolute Gasteiger partial charge is 0.244 e. The molecule has 2 N–H and O–H groups in total. The van der Waals surface area contributed by atoms with Crippen molar-refractivity contribution in [1.29, 1.82) is 0 Å². The molecule has 0 aliphatic carbocycles. The quantitative estimate of drug-likeness (QED) is 0.883. The third-order valence-corrected chi connectivity index (χ3v) is 5.56. The third kappa shape index (κ3) is 2.51. The Morgan fingerprint density at radius 1 is 1.45 bits per heavy atom. The Labute approximate surface area is 118 Å². The number of hydrogen-bond donors (Lipinski definition) is 1. The summed E-state index contributed by atoms with van der Waals surface area (Å²) in [6.07, 6.45) is 1.10. The molecule has 1 fully saturated rings. The maximum Gasteiger partial charge on any atom is 0.244 e. The number of methoxy groups -OCH3 is 1. The Kier molecular flexibility index (Phi) is 4.01. The van der Waals surface area contributed by atoms with Gasteiger partial charge in [-0.1, -0.05) is 6.07 Å². The van der Waals surface area contributed by atoms with E-state index in [0.29, 0.717) is 30.7 Å². The lowest BCUT2D eigenvalue weighted by molar-refractivity contribution is -0.121. The van der Waals surface area contributed by atoms with Crippen LogP contribution in [0.1, 0.15) is 18.4 Å². The van der Waals surface area contributed by atoms with E-state index in [9.17, 15) is 13.2 Å². The third-order valence-electron chi connectivity index (χ3n) is 3.51. The second kappa shape index (κ2) is 5.41. The van der Waals surface area contributed by atoms with Crippen LogP contribution in [-0.2, 0) is 14.8 Å². The summed E-state index contributed by atoms with van der Waals surface area (Å²) in [7, 11) is -2.27. The van der Waals surface area contributed by atoms with Crippen molar-refractivity contribution >= 4 is 15.9 Å². The zero-order chi connectivity index (χ0) is 14.9. The van der Waals surface area contributed by atoms with Crippen LogP contribution in [0, 0.1) is 6.92 Å². The van der Waals surface area contributed by atoms with Crippen molar-refractivity contribution in [3.05, 3.63) is 23.8 Å². The van der Waals surface area contributed by atoms with Crippen molar-refractivity contribution in [1.82, 2.24) is 4.31 Å². The fourth-order valence-electron chi connectivity index (χ4n) is 2.42. The first-order chi connectivity index (χ1) is 9.37. The zero-order valence-electron chi connectivity index (χ0n) is 11.5. The molecule has 1 heterocycles. The summed E-state index contributed by atoms with van der Waals surface area (Å²) in [4.78, 5) is 11.5. The van der Waals surface area contributed by atoms with E-state index in [1.807, 2.05) is 0 Å². The fraction of sp³-hybridized carbons (Fsp3) is 0.462. The number of ether oxygens (including phenoxy) is 1. The number of rotatable bonds is 4. The van der Waals surface area contributed by atoms with Gasteiger partial charge in [0.15, 0.2) is 0 Å². The van der Waals surface area contributed by atoms with Crippen LogP contribution < -0.4 is 10.5 Å². The van der Waals surface area contributed by atoms with Gasteiger partial charge in [0.2, 0.25) is 15.9 Å². The average molecular weight is 298 g/mol. The van der Waals surface area contributed by atoms with E-state index in [0.717, 1.165) is 0 Å². The summed E-state index contributed by atoms with van der Waals surface area (Å²) in [5, 5.41) is 0. The molecular weight excluding hydrogens is 280 g/mol. The number of amides is 1. The minimum absolute atomic E-state index is 0.157. The van der Waals surface area contributed by atoms with Crippen LogP contribution in [0.3, 0.4) is 0 Å². The van der Waals surface area contributed by atoms with Gasteiger partial charge in [0.05, 0.1) is 12.0 Å². The summed E-state index contributed by atoms with van der Waals surface area (Å²) >= 11 is 0. The van der Waals surface area contributed by atoms with Crippen molar-refractivity contribution < 1.29 is 17.9 Å². The van der Waals surface area contributed by atoms with Gasteiger partial charge in [-0.3, -0.25) is 4.79 Å². The topological polar surface area (TPSA) is 89.7 Å². The van der Waals surface area contributed by atoms with E-state index in [1.54, 1.807) is 19.1 Å². The highest BCUT2D eigenvalue weighted by atomic mass is 32.2. The van der Waals surface area contributed by atoms with E-state index in [4.69, 9.17) is 10.5 Å². The second-order valence-electron chi connectivity index (χ2n) is 4.81. The molecule has 1 amide bonds. The Balaban J connectivity index is 2.47. The maximum atomic E-state index is 12.7. The molecule has 6 nitrogen and oxygen atoms in total. The number of nitrogens with zero attached hydrogens (tertiary/aromatic N) is 1. The van der Waals surface area contributed by atoms with Crippen molar-refractivity contribution in [2.45, 2.75) is 30.7 Å². The van der Waals surface area contributed by atoms with Gasteiger partial charge < -0.3 is 10.5 Å².